The van der Waals surface area contributed by atoms with Gasteiger partial charge in [-0.2, -0.15) is 0 Å². The number of aliphatic hydroxyl groups is 1. The zero-order valence-electron chi connectivity index (χ0n) is 18.2. The van der Waals surface area contributed by atoms with E-state index < -0.39 is 12.1 Å². The molecule has 0 bridgehead atoms. The molecule has 0 saturated carbocycles. The van der Waals surface area contributed by atoms with Crippen LogP contribution < -0.4 is 10.6 Å². The van der Waals surface area contributed by atoms with Gasteiger partial charge in [0.05, 0.1) is 12.6 Å². The van der Waals surface area contributed by atoms with Gasteiger partial charge in [0.15, 0.2) is 0 Å². The van der Waals surface area contributed by atoms with Gasteiger partial charge in [-0.05, 0) is 35.7 Å². The first-order valence-corrected chi connectivity index (χ1v) is 11.0. The first kappa shape index (κ1) is 22.3. The van der Waals surface area contributed by atoms with Gasteiger partial charge in [-0.1, -0.05) is 66.7 Å². The fourth-order valence-electron chi connectivity index (χ4n) is 3.92. The van der Waals surface area contributed by atoms with Gasteiger partial charge >= 0.3 is 0 Å². The molecule has 168 valence electrons. The highest BCUT2D eigenvalue weighted by Gasteiger charge is 2.25. The molecule has 4 aromatic rings. The summed E-state index contributed by atoms with van der Waals surface area (Å²) in [5.74, 6) is -0.654. The van der Waals surface area contributed by atoms with Crippen LogP contribution in [0.15, 0.2) is 91.1 Å². The number of aliphatic hydroxyl groups excluding tert-OH is 1. The fraction of sp³-hybridized carbons (Fsp3) is 0.185. The van der Waals surface area contributed by atoms with E-state index >= 15 is 0 Å². The van der Waals surface area contributed by atoms with E-state index in [1.165, 1.54) is 0 Å². The third-order valence-electron chi connectivity index (χ3n) is 5.65. The van der Waals surface area contributed by atoms with Crippen molar-refractivity contribution in [3.8, 4) is 0 Å². The molecule has 1 aromatic heterocycles. The van der Waals surface area contributed by atoms with Crippen molar-refractivity contribution in [2.75, 3.05) is 6.61 Å². The average Bonchev–Trinajstić information content (AvgIpc) is 3.27. The summed E-state index contributed by atoms with van der Waals surface area (Å²) in [5, 5.41) is 16.7. The van der Waals surface area contributed by atoms with Gasteiger partial charge in [0.2, 0.25) is 5.91 Å². The quantitative estimate of drug-likeness (QED) is 0.321. The molecule has 2 atom stereocenters. The zero-order valence-corrected chi connectivity index (χ0v) is 18.2. The van der Waals surface area contributed by atoms with Crippen molar-refractivity contribution < 1.29 is 14.7 Å². The van der Waals surface area contributed by atoms with Crippen molar-refractivity contribution in [2.24, 2.45) is 0 Å². The van der Waals surface area contributed by atoms with E-state index in [0.717, 1.165) is 22.0 Å². The van der Waals surface area contributed by atoms with Gasteiger partial charge in [-0.15, -0.1) is 0 Å². The molecule has 0 unspecified atom stereocenters. The van der Waals surface area contributed by atoms with Crippen molar-refractivity contribution in [1.29, 1.82) is 0 Å². The number of hydrogen-bond acceptors (Lipinski definition) is 3. The maximum atomic E-state index is 13.3. The molecule has 0 aliphatic heterocycles. The second-order valence-electron chi connectivity index (χ2n) is 8.03. The number of benzene rings is 3. The number of fused-ring (bicyclic) bond motifs is 1. The van der Waals surface area contributed by atoms with Crippen LogP contribution >= 0.6 is 0 Å². The molecule has 0 radical (unpaired) electrons. The van der Waals surface area contributed by atoms with Crippen LogP contribution in [0.2, 0.25) is 0 Å². The van der Waals surface area contributed by atoms with E-state index in [0.29, 0.717) is 18.4 Å². The van der Waals surface area contributed by atoms with Crippen LogP contribution in [0.25, 0.3) is 10.9 Å². The SMILES string of the molecule is O=C(N[C@@H](Cc1c[nH]c2ccccc12)C(=O)N[C@@H](CO)Cc1ccccc1)c1ccccc1. The molecule has 2 amide bonds. The Balaban J connectivity index is 1.54. The predicted octanol–water partition coefficient (Wildman–Crippen LogP) is 3.23. The van der Waals surface area contributed by atoms with E-state index in [1.54, 1.807) is 24.3 Å². The number of para-hydroxylation sites is 1. The maximum absolute atomic E-state index is 13.3. The summed E-state index contributed by atoms with van der Waals surface area (Å²) in [6, 6.07) is 25.1. The minimum Gasteiger partial charge on any atom is -0.394 e. The molecule has 6 heteroatoms. The summed E-state index contributed by atoms with van der Waals surface area (Å²) in [6.45, 7) is -0.201. The second-order valence-corrected chi connectivity index (χ2v) is 8.03. The highest BCUT2D eigenvalue weighted by atomic mass is 16.3. The van der Waals surface area contributed by atoms with Crippen molar-refractivity contribution in [1.82, 2.24) is 15.6 Å². The number of carbonyl (C=O) groups excluding carboxylic acids is 2. The minimum atomic E-state index is -0.804. The summed E-state index contributed by atoms with van der Waals surface area (Å²) in [7, 11) is 0. The predicted molar refractivity (Wildman–Crippen MR) is 129 cm³/mol. The molecule has 0 fully saturated rings. The third kappa shape index (κ3) is 5.67. The third-order valence-corrected chi connectivity index (χ3v) is 5.65. The van der Waals surface area contributed by atoms with Crippen LogP contribution in [0.4, 0.5) is 0 Å². The lowest BCUT2D eigenvalue weighted by Gasteiger charge is -2.22. The van der Waals surface area contributed by atoms with Crippen LogP contribution in [-0.2, 0) is 17.6 Å². The summed E-state index contributed by atoms with van der Waals surface area (Å²) >= 11 is 0. The molecule has 1 heterocycles. The molecular weight excluding hydrogens is 414 g/mol. The standard InChI is InChI=1S/C27H27N3O3/c31-18-22(15-19-9-3-1-4-10-19)29-27(33)25(30-26(32)20-11-5-2-6-12-20)16-21-17-28-24-14-8-7-13-23(21)24/h1-14,17,22,25,28,31H,15-16,18H2,(H,29,33)(H,30,32)/t22-,25+/m1/s1. The molecule has 0 aliphatic carbocycles. The molecule has 3 aromatic carbocycles. The largest absolute Gasteiger partial charge is 0.394 e. The maximum Gasteiger partial charge on any atom is 0.251 e. The van der Waals surface area contributed by atoms with Crippen molar-refractivity contribution in [2.45, 2.75) is 24.9 Å². The molecule has 6 nitrogen and oxygen atoms in total. The lowest BCUT2D eigenvalue weighted by molar-refractivity contribution is -0.124. The van der Waals surface area contributed by atoms with E-state index in [9.17, 15) is 14.7 Å². The number of nitrogens with one attached hydrogen (secondary N) is 3. The molecule has 0 spiro atoms. The molecular formula is C27H27N3O3. The smallest absolute Gasteiger partial charge is 0.251 e. The lowest BCUT2D eigenvalue weighted by Crippen LogP contribution is -2.52. The molecule has 0 saturated heterocycles. The Kier molecular flexibility index (Phi) is 7.17. The molecule has 33 heavy (non-hydrogen) atoms. The Bertz CT molecular complexity index is 1210. The van der Waals surface area contributed by atoms with E-state index in [-0.39, 0.29) is 18.4 Å². The van der Waals surface area contributed by atoms with Gasteiger partial charge in [0.25, 0.3) is 5.91 Å². The van der Waals surface area contributed by atoms with Crippen LogP contribution in [0, 0.1) is 0 Å². The number of aromatic nitrogens is 1. The summed E-state index contributed by atoms with van der Waals surface area (Å²) in [5.41, 5.74) is 3.40. The van der Waals surface area contributed by atoms with Gasteiger partial charge < -0.3 is 20.7 Å². The van der Waals surface area contributed by atoms with Crippen LogP contribution in [0.3, 0.4) is 0 Å². The van der Waals surface area contributed by atoms with E-state index in [1.807, 2.05) is 66.9 Å². The van der Waals surface area contributed by atoms with Gasteiger partial charge in [-0.25, -0.2) is 0 Å². The average molecular weight is 442 g/mol. The molecule has 0 aliphatic rings. The first-order chi connectivity index (χ1) is 16.1. The van der Waals surface area contributed by atoms with E-state index in [4.69, 9.17) is 0 Å². The van der Waals surface area contributed by atoms with Crippen molar-refractivity contribution in [3.63, 3.8) is 0 Å². The first-order valence-electron chi connectivity index (χ1n) is 11.0. The molecule has 4 rings (SSSR count). The summed E-state index contributed by atoms with van der Waals surface area (Å²) < 4.78 is 0. The van der Waals surface area contributed by atoms with Gasteiger partial charge in [0, 0.05) is 29.1 Å². The van der Waals surface area contributed by atoms with Crippen molar-refractivity contribution in [3.05, 3.63) is 108 Å². The lowest BCUT2D eigenvalue weighted by atomic mass is 10.0. The number of hydrogen-bond donors (Lipinski definition) is 4. The minimum absolute atomic E-state index is 0.201. The fourth-order valence-corrected chi connectivity index (χ4v) is 3.92. The van der Waals surface area contributed by atoms with Gasteiger partial charge in [-0.3, -0.25) is 9.59 Å². The number of carbonyl (C=O) groups is 2. The van der Waals surface area contributed by atoms with Crippen LogP contribution in [-0.4, -0.2) is 40.6 Å². The van der Waals surface area contributed by atoms with E-state index in [2.05, 4.69) is 15.6 Å². The van der Waals surface area contributed by atoms with Crippen LogP contribution in [0.5, 0.6) is 0 Å². The Hall–Kier alpha value is -3.90. The monoisotopic (exact) mass is 441 g/mol. The van der Waals surface area contributed by atoms with Crippen molar-refractivity contribution >= 4 is 22.7 Å². The Morgan fingerprint density at radius 3 is 2.21 bits per heavy atom. The Labute approximate surface area is 192 Å². The molecule has 4 N–H and O–H groups in total. The number of H-pyrrole nitrogens is 1. The second kappa shape index (κ2) is 10.6. The topological polar surface area (TPSA) is 94.2 Å². The number of amides is 2. The summed E-state index contributed by atoms with van der Waals surface area (Å²) in [4.78, 5) is 29.4. The summed E-state index contributed by atoms with van der Waals surface area (Å²) in [6.07, 6.45) is 2.68. The number of aromatic amines is 1. The highest BCUT2D eigenvalue weighted by molar-refractivity contribution is 5.98. The normalized spacial score (nSPS) is 12.8. The Morgan fingerprint density at radius 2 is 1.48 bits per heavy atom. The highest BCUT2D eigenvalue weighted by Crippen LogP contribution is 2.19. The number of rotatable bonds is 9. The zero-order chi connectivity index (χ0) is 23.0. The van der Waals surface area contributed by atoms with Crippen LogP contribution in [0.1, 0.15) is 21.5 Å². The van der Waals surface area contributed by atoms with Gasteiger partial charge in [0.1, 0.15) is 6.04 Å². The Morgan fingerprint density at radius 1 is 0.818 bits per heavy atom.